The zero-order chi connectivity index (χ0) is 11.5. The Bertz CT molecular complexity index is 275. The summed E-state index contributed by atoms with van der Waals surface area (Å²) >= 11 is 0. The largest absolute Gasteiger partial charge is 0.385 e. The number of hydrogen-bond donors (Lipinski definition) is 1. The van der Waals surface area contributed by atoms with Gasteiger partial charge in [-0.2, -0.15) is 4.99 Å². The van der Waals surface area contributed by atoms with Gasteiger partial charge in [-0.05, 0) is 19.3 Å². The second-order valence-electron chi connectivity index (χ2n) is 4.07. The first kappa shape index (κ1) is 12.0. The predicted octanol–water partition coefficient (Wildman–Crippen LogP) is 2.14. The molecule has 15 heavy (non-hydrogen) atoms. The second-order valence-corrected chi connectivity index (χ2v) is 4.07. The Balaban J connectivity index is 2.98. The van der Waals surface area contributed by atoms with Crippen LogP contribution in [0.5, 0.6) is 0 Å². The van der Waals surface area contributed by atoms with E-state index in [9.17, 15) is 4.79 Å². The molecule has 0 aromatic carbocycles. The molecule has 0 bridgehead atoms. The van der Waals surface area contributed by atoms with E-state index in [0.717, 1.165) is 32.2 Å². The predicted molar refractivity (Wildman–Crippen MR) is 61.9 cm³/mol. The van der Waals surface area contributed by atoms with Gasteiger partial charge in [0.1, 0.15) is 11.4 Å². The molecule has 2 N–H and O–H groups in total. The van der Waals surface area contributed by atoms with E-state index in [1.54, 1.807) is 0 Å². The molecule has 0 saturated heterocycles. The average Bonchev–Trinajstić information content (AvgIpc) is 2.43. The van der Waals surface area contributed by atoms with Crippen LogP contribution in [0.2, 0.25) is 0 Å². The van der Waals surface area contributed by atoms with Crippen LogP contribution in [0.3, 0.4) is 0 Å². The van der Waals surface area contributed by atoms with Crippen molar-refractivity contribution in [2.24, 2.45) is 10.7 Å². The molecule has 2 amide bonds. The Morgan fingerprint density at radius 3 is 2.47 bits per heavy atom. The Labute approximate surface area is 91.5 Å². The average molecular weight is 211 g/mol. The number of amides is 2. The molecule has 0 spiro atoms. The lowest BCUT2D eigenvalue weighted by Gasteiger charge is -2.37. The quantitative estimate of drug-likeness (QED) is 0.757. The normalized spacial score (nSPS) is 25.9. The highest BCUT2D eigenvalue weighted by Gasteiger charge is 2.45. The molecule has 1 atom stereocenters. The summed E-state index contributed by atoms with van der Waals surface area (Å²) in [5, 5.41) is 0. The lowest BCUT2D eigenvalue weighted by atomic mass is 9.88. The molecule has 0 saturated carbocycles. The number of carbonyl (C=O) groups is 1. The number of aliphatic imine (C=N–C) groups is 1. The molecule has 1 rings (SSSR count). The highest BCUT2D eigenvalue weighted by molar-refractivity contribution is 6.05. The van der Waals surface area contributed by atoms with Crippen LogP contribution in [0.25, 0.3) is 0 Å². The summed E-state index contributed by atoms with van der Waals surface area (Å²) in [7, 11) is 0. The number of amidine groups is 1. The van der Waals surface area contributed by atoms with Crippen LogP contribution >= 0.6 is 0 Å². The molecule has 1 heterocycles. The van der Waals surface area contributed by atoms with Gasteiger partial charge in [0.15, 0.2) is 0 Å². The fourth-order valence-corrected chi connectivity index (χ4v) is 2.35. The van der Waals surface area contributed by atoms with Gasteiger partial charge in [-0.25, -0.2) is 4.79 Å². The maximum absolute atomic E-state index is 11.7. The van der Waals surface area contributed by atoms with E-state index >= 15 is 0 Å². The van der Waals surface area contributed by atoms with Crippen molar-refractivity contribution in [3.63, 3.8) is 0 Å². The molecule has 0 aliphatic carbocycles. The summed E-state index contributed by atoms with van der Waals surface area (Å²) in [5.41, 5.74) is 5.61. The van der Waals surface area contributed by atoms with Crippen molar-refractivity contribution in [1.29, 1.82) is 0 Å². The molecule has 1 unspecified atom stereocenters. The smallest absolute Gasteiger partial charge is 0.346 e. The van der Waals surface area contributed by atoms with Gasteiger partial charge >= 0.3 is 6.03 Å². The van der Waals surface area contributed by atoms with Crippen LogP contribution in [0, 0.1) is 0 Å². The zero-order valence-corrected chi connectivity index (χ0v) is 9.92. The summed E-state index contributed by atoms with van der Waals surface area (Å²) in [6, 6.07) is -0.162. The monoisotopic (exact) mass is 211 g/mol. The summed E-state index contributed by atoms with van der Waals surface area (Å²) in [6.07, 6.45) is 3.71. The van der Waals surface area contributed by atoms with Gasteiger partial charge in [-0.3, -0.25) is 0 Å². The highest BCUT2D eigenvalue weighted by Crippen LogP contribution is 2.31. The van der Waals surface area contributed by atoms with E-state index in [2.05, 4.69) is 25.8 Å². The molecule has 1 aliphatic heterocycles. The molecule has 4 nitrogen and oxygen atoms in total. The number of hydrogen-bond acceptors (Lipinski definition) is 2. The Kier molecular flexibility index (Phi) is 3.72. The lowest BCUT2D eigenvalue weighted by Crippen LogP contribution is -2.53. The minimum absolute atomic E-state index is 0.162. The van der Waals surface area contributed by atoms with Crippen LogP contribution in [-0.4, -0.2) is 28.9 Å². The fraction of sp³-hybridized carbons (Fsp3) is 0.818. The minimum Gasteiger partial charge on any atom is -0.385 e. The zero-order valence-electron chi connectivity index (χ0n) is 9.92. The Morgan fingerprint density at radius 2 is 2.00 bits per heavy atom. The van der Waals surface area contributed by atoms with Crippen molar-refractivity contribution in [1.82, 2.24) is 4.90 Å². The Hall–Kier alpha value is -1.06. The standard InChI is InChI=1S/C11H21N3O/c1-4-7-11(6-3)9(12)13-10(15)14(11)8-5-2/h4-8H2,1-3H3,(H2,12,13,15). The molecule has 0 fully saturated rings. The van der Waals surface area contributed by atoms with Crippen molar-refractivity contribution < 1.29 is 4.79 Å². The summed E-state index contributed by atoms with van der Waals surface area (Å²) < 4.78 is 0. The first-order valence-corrected chi connectivity index (χ1v) is 5.78. The summed E-state index contributed by atoms with van der Waals surface area (Å²) in [5.74, 6) is 0.505. The molecular weight excluding hydrogens is 190 g/mol. The van der Waals surface area contributed by atoms with Crippen molar-refractivity contribution in [3.8, 4) is 0 Å². The van der Waals surface area contributed by atoms with Crippen molar-refractivity contribution >= 4 is 11.9 Å². The lowest BCUT2D eigenvalue weighted by molar-refractivity contribution is 0.161. The summed E-state index contributed by atoms with van der Waals surface area (Å²) in [6.45, 7) is 6.99. The van der Waals surface area contributed by atoms with Gasteiger partial charge < -0.3 is 10.6 Å². The van der Waals surface area contributed by atoms with E-state index in [1.807, 2.05) is 4.90 Å². The van der Waals surface area contributed by atoms with Gasteiger partial charge in [-0.15, -0.1) is 0 Å². The van der Waals surface area contributed by atoms with Crippen molar-refractivity contribution in [2.75, 3.05) is 6.54 Å². The molecule has 0 aromatic rings. The van der Waals surface area contributed by atoms with Crippen LogP contribution in [0.4, 0.5) is 4.79 Å². The maximum Gasteiger partial charge on any atom is 0.346 e. The molecular formula is C11H21N3O. The van der Waals surface area contributed by atoms with Crippen LogP contribution in [0.15, 0.2) is 4.99 Å². The first-order valence-electron chi connectivity index (χ1n) is 5.78. The van der Waals surface area contributed by atoms with E-state index < -0.39 is 0 Å². The van der Waals surface area contributed by atoms with Gasteiger partial charge in [0.05, 0.1) is 0 Å². The number of rotatable bonds is 5. The molecule has 1 aliphatic rings. The molecule has 4 heteroatoms. The number of carbonyl (C=O) groups excluding carboxylic acids is 1. The molecule has 0 radical (unpaired) electrons. The third kappa shape index (κ3) is 1.85. The van der Waals surface area contributed by atoms with E-state index in [1.165, 1.54) is 0 Å². The first-order chi connectivity index (χ1) is 7.12. The van der Waals surface area contributed by atoms with E-state index in [4.69, 9.17) is 5.73 Å². The number of nitrogens with zero attached hydrogens (tertiary/aromatic N) is 2. The van der Waals surface area contributed by atoms with Crippen LogP contribution < -0.4 is 5.73 Å². The third-order valence-electron chi connectivity index (χ3n) is 3.14. The van der Waals surface area contributed by atoms with Gasteiger partial charge in [0, 0.05) is 6.54 Å². The number of nitrogens with two attached hydrogens (primary N) is 1. The molecule has 0 aromatic heterocycles. The van der Waals surface area contributed by atoms with Gasteiger partial charge in [0.25, 0.3) is 0 Å². The highest BCUT2D eigenvalue weighted by atomic mass is 16.2. The van der Waals surface area contributed by atoms with E-state index in [0.29, 0.717) is 5.84 Å². The summed E-state index contributed by atoms with van der Waals surface area (Å²) in [4.78, 5) is 17.4. The number of urea groups is 1. The van der Waals surface area contributed by atoms with Crippen molar-refractivity contribution in [3.05, 3.63) is 0 Å². The SMILES string of the molecule is CCCN1C(=O)N=C(N)C1(CC)CCC. The van der Waals surface area contributed by atoms with Gasteiger partial charge in [-0.1, -0.05) is 27.2 Å². The third-order valence-corrected chi connectivity index (χ3v) is 3.14. The fourth-order valence-electron chi connectivity index (χ4n) is 2.35. The van der Waals surface area contributed by atoms with Crippen molar-refractivity contribution in [2.45, 2.75) is 52.0 Å². The van der Waals surface area contributed by atoms with Crippen LogP contribution in [0.1, 0.15) is 46.5 Å². The maximum atomic E-state index is 11.7. The van der Waals surface area contributed by atoms with Crippen LogP contribution in [-0.2, 0) is 0 Å². The Morgan fingerprint density at radius 1 is 1.33 bits per heavy atom. The second kappa shape index (κ2) is 4.64. The van der Waals surface area contributed by atoms with E-state index in [-0.39, 0.29) is 11.6 Å². The van der Waals surface area contributed by atoms with Gasteiger partial charge in [0.2, 0.25) is 0 Å². The topological polar surface area (TPSA) is 58.7 Å². The minimum atomic E-state index is -0.304. The molecule has 86 valence electrons.